The molecule has 0 heterocycles. The summed E-state index contributed by atoms with van der Waals surface area (Å²) in [6.07, 6.45) is 1.89. The average Bonchev–Trinajstić information content (AvgIpc) is 2.79. The zero-order valence-corrected chi connectivity index (χ0v) is 21.1. The van der Waals surface area contributed by atoms with E-state index in [0.29, 0.717) is 0 Å². The Balaban J connectivity index is 3.22. The Morgan fingerprint density at radius 2 is 0.567 bits per heavy atom. The molecule has 0 aromatic carbocycles. The van der Waals surface area contributed by atoms with Crippen LogP contribution in [-0.4, -0.2) is 43.3 Å². The predicted octanol–water partition coefficient (Wildman–Crippen LogP) is 5.69. The summed E-state index contributed by atoms with van der Waals surface area (Å²) < 4.78 is 19.6. The van der Waals surface area contributed by atoms with Crippen LogP contribution in [0.4, 0.5) is 0 Å². The molecule has 1 fully saturated rings. The molecule has 0 spiro atoms. The summed E-state index contributed by atoms with van der Waals surface area (Å²) in [6.45, 7) is 35.5. The molecule has 0 radical (unpaired) electrons. The third-order valence-corrected chi connectivity index (χ3v) is 13.5. The molecule has 0 saturated heterocycles. The Hall–Kier alpha value is -1.81. The van der Waals surface area contributed by atoms with Crippen LogP contribution >= 0.6 is 0 Å². The van der Waals surface area contributed by atoms with Gasteiger partial charge in [-0.1, -0.05) is 51.3 Å². The van der Waals surface area contributed by atoms with Crippen LogP contribution in [0.3, 0.4) is 0 Å². The molecule has 30 heavy (non-hydrogen) atoms. The van der Waals surface area contributed by atoms with Gasteiger partial charge in [0.2, 0.25) is 0 Å². The van der Waals surface area contributed by atoms with Crippen LogP contribution in [0.2, 0.25) is 0 Å². The molecule has 162 valence electrons. The Bertz CT molecular complexity index is 546. The molecule has 0 unspecified atom stereocenters. The maximum atomic E-state index is 6.52. The second-order valence-corrected chi connectivity index (χ2v) is 16.8. The molecule has 1 aliphatic carbocycles. The van der Waals surface area contributed by atoms with E-state index in [2.05, 4.69) is 59.2 Å². The molecule has 3 nitrogen and oxygen atoms in total. The van der Waals surface area contributed by atoms with Crippen molar-refractivity contribution < 1.29 is 13.3 Å². The Morgan fingerprint density at radius 1 is 0.400 bits per heavy atom. The first-order chi connectivity index (χ1) is 14.3. The highest BCUT2D eigenvalue weighted by Gasteiger charge is 2.40. The molecule has 0 aliphatic heterocycles. The van der Waals surface area contributed by atoms with Crippen molar-refractivity contribution >= 4 is 25.0 Å². The number of hydrogen-bond donors (Lipinski definition) is 0. The van der Waals surface area contributed by atoms with E-state index in [4.69, 9.17) is 13.3 Å². The molecule has 0 atom stereocenters. The summed E-state index contributed by atoms with van der Waals surface area (Å²) in [5, 5.41) is 0. The molecule has 1 aliphatic rings. The topological polar surface area (TPSA) is 27.7 Å². The Kier molecular flexibility index (Phi) is 10.1. The van der Waals surface area contributed by atoms with Gasteiger partial charge in [0.15, 0.2) is 0 Å². The first kappa shape index (κ1) is 26.2. The zero-order chi connectivity index (χ0) is 22.8. The SMILES string of the molecule is C=C[Si](C=C)(C=C)OC1CC(O[Si](C=C)(C=C)C=C)CC(O[Si](C=C)(C=C)C=C)C1. The average molecular weight is 457 g/mol. The fraction of sp³-hybridized carbons (Fsp3) is 0.250. The van der Waals surface area contributed by atoms with Gasteiger partial charge >= 0.3 is 0 Å². The van der Waals surface area contributed by atoms with Gasteiger partial charge in [0.05, 0.1) is 18.3 Å². The third-order valence-electron chi connectivity index (χ3n) is 5.56. The molecular formula is C24H36O3Si3. The van der Waals surface area contributed by atoms with Gasteiger partial charge in [0, 0.05) is 0 Å². The zero-order valence-electron chi connectivity index (χ0n) is 18.1. The van der Waals surface area contributed by atoms with Gasteiger partial charge in [0.25, 0.3) is 25.0 Å². The van der Waals surface area contributed by atoms with Crippen molar-refractivity contribution in [3.63, 3.8) is 0 Å². The molecular weight excluding hydrogens is 421 g/mol. The minimum absolute atomic E-state index is 0.0910. The lowest BCUT2D eigenvalue weighted by Crippen LogP contribution is -2.49. The van der Waals surface area contributed by atoms with Gasteiger partial charge in [-0.05, 0) is 19.3 Å². The van der Waals surface area contributed by atoms with Gasteiger partial charge in [-0.2, -0.15) is 0 Å². The molecule has 1 saturated carbocycles. The van der Waals surface area contributed by atoms with Crippen molar-refractivity contribution in [2.75, 3.05) is 0 Å². The van der Waals surface area contributed by atoms with Gasteiger partial charge in [-0.3, -0.25) is 0 Å². The molecule has 6 heteroatoms. The normalized spacial score (nSPS) is 22.2. The van der Waals surface area contributed by atoms with E-state index >= 15 is 0 Å². The summed E-state index contributed by atoms with van der Waals surface area (Å²) in [5.74, 6) is 0. The highest BCUT2D eigenvalue weighted by Crippen LogP contribution is 2.33. The fourth-order valence-electron chi connectivity index (χ4n) is 3.51. The monoisotopic (exact) mass is 456 g/mol. The van der Waals surface area contributed by atoms with Gasteiger partial charge < -0.3 is 13.3 Å². The second-order valence-electron chi connectivity index (χ2n) is 7.32. The van der Waals surface area contributed by atoms with Gasteiger partial charge in [0.1, 0.15) is 0 Å². The molecule has 0 bridgehead atoms. The van der Waals surface area contributed by atoms with Crippen LogP contribution in [0.25, 0.3) is 0 Å². The van der Waals surface area contributed by atoms with Crippen LogP contribution in [0.15, 0.2) is 111 Å². The van der Waals surface area contributed by atoms with Crippen molar-refractivity contribution in [2.45, 2.75) is 37.6 Å². The maximum Gasteiger partial charge on any atom is 0.265 e. The number of hydrogen-bond acceptors (Lipinski definition) is 3. The lowest BCUT2D eigenvalue weighted by molar-refractivity contribution is 0.000378. The van der Waals surface area contributed by atoms with Crippen molar-refractivity contribution in [1.29, 1.82) is 0 Å². The highest BCUT2D eigenvalue weighted by atomic mass is 28.4. The Labute approximate surface area is 186 Å². The first-order valence-electron chi connectivity index (χ1n) is 10.0. The van der Waals surface area contributed by atoms with Crippen LogP contribution in [-0.2, 0) is 13.3 Å². The third kappa shape index (κ3) is 6.10. The lowest BCUT2D eigenvalue weighted by Gasteiger charge is -2.42. The first-order valence-corrected chi connectivity index (χ1v) is 16.5. The maximum absolute atomic E-state index is 6.52. The van der Waals surface area contributed by atoms with Crippen LogP contribution in [0, 0.1) is 0 Å². The van der Waals surface area contributed by atoms with Gasteiger partial charge in [-0.15, -0.1) is 59.2 Å². The minimum atomic E-state index is -2.45. The summed E-state index contributed by atoms with van der Waals surface area (Å²) in [7, 11) is -7.35. The summed E-state index contributed by atoms with van der Waals surface area (Å²) in [5.41, 5.74) is 16.5. The second kappa shape index (κ2) is 11.5. The van der Waals surface area contributed by atoms with E-state index in [9.17, 15) is 0 Å². The van der Waals surface area contributed by atoms with Gasteiger partial charge in [-0.25, -0.2) is 0 Å². The van der Waals surface area contributed by atoms with E-state index in [-0.39, 0.29) is 18.3 Å². The quantitative estimate of drug-likeness (QED) is 0.296. The smallest absolute Gasteiger partial charge is 0.265 e. The molecule has 0 aromatic heterocycles. The van der Waals surface area contributed by atoms with E-state index in [1.54, 1.807) is 0 Å². The summed E-state index contributed by atoms with van der Waals surface area (Å²) >= 11 is 0. The Morgan fingerprint density at radius 3 is 0.700 bits per heavy atom. The highest BCUT2D eigenvalue weighted by molar-refractivity contribution is 6.88. The van der Waals surface area contributed by atoms with E-state index in [0.717, 1.165) is 19.3 Å². The summed E-state index contributed by atoms with van der Waals surface area (Å²) in [4.78, 5) is 0. The predicted molar refractivity (Wildman–Crippen MR) is 138 cm³/mol. The molecule has 1 rings (SSSR count). The number of rotatable bonds is 15. The van der Waals surface area contributed by atoms with Crippen LogP contribution < -0.4 is 0 Å². The van der Waals surface area contributed by atoms with E-state index in [1.807, 2.05) is 51.3 Å². The van der Waals surface area contributed by atoms with Crippen molar-refractivity contribution in [3.8, 4) is 0 Å². The molecule has 0 amide bonds. The summed E-state index contributed by atoms with van der Waals surface area (Å²) in [6, 6.07) is 0. The standard InChI is InChI=1S/C24H36O3Si3/c1-10-28(11-2,12-3)25-22-19-23(26-29(13-4,14-5)15-6)21-24(20-22)27-30(16-7,17-8)18-9/h10-18,22-24H,1-9,19-21H2. The van der Waals surface area contributed by atoms with Crippen molar-refractivity contribution in [2.24, 2.45) is 0 Å². The molecule has 0 aromatic rings. The van der Waals surface area contributed by atoms with Crippen LogP contribution in [0.5, 0.6) is 0 Å². The fourth-order valence-corrected chi connectivity index (χ4v) is 8.18. The van der Waals surface area contributed by atoms with E-state index < -0.39 is 25.0 Å². The molecule has 0 N–H and O–H groups in total. The van der Waals surface area contributed by atoms with E-state index in [1.165, 1.54) is 0 Å². The largest absolute Gasteiger partial charge is 0.402 e. The lowest BCUT2D eigenvalue weighted by atomic mass is 9.93. The van der Waals surface area contributed by atoms with Crippen molar-refractivity contribution in [3.05, 3.63) is 111 Å². The van der Waals surface area contributed by atoms with Crippen LogP contribution in [0.1, 0.15) is 19.3 Å². The minimum Gasteiger partial charge on any atom is -0.402 e. The van der Waals surface area contributed by atoms with Crippen molar-refractivity contribution in [1.82, 2.24) is 0 Å².